The van der Waals surface area contributed by atoms with Crippen LogP contribution in [0.4, 0.5) is 0 Å². The normalized spacial score (nSPS) is 10.5. The fourth-order valence-electron chi connectivity index (χ4n) is 1.51. The zero-order valence-corrected chi connectivity index (χ0v) is 9.99. The summed E-state index contributed by atoms with van der Waals surface area (Å²) in [5.74, 6) is 0.503. The van der Waals surface area contributed by atoms with Crippen molar-refractivity contribution in [3.05, 3.63) is 35.4 Å². The third-order valence-corrected chi connectivity index (χ3v) is 2.31. The van der Waals surface area contributed by atoms with E-state index >= 15 is 0 Å². The van der Waals surface area contributed by atoms with E-state index in [1.165, 1.54) is 0 Å². The molecule has 0 saturated heterocycles. The highest BCUT2D eigenvalue weighted by molar-refractivity contribution is 5.76. The standard InChI is InChI=1S/C13H20N2O/c1-10(2)6-13(16)15-9-12-5-3-4-11(7-12)8-14/h3-5,7,10H,6,8-9,14H2,1-2H3,(H,15,16). The lowest BCUT2D eigenvalue weighted by Crippen LogP contribution is -2.23. The predicted molar refractivity (Wildman–Crippen MR) is 65.6 cm³/mol. The lowest BCUT2D eigenvalue weighted by molar-refractivity contribution is -0.121. The summed E-state index contributed by atoms with van der Waals surface area (Å²) >= 11 is 0. The van der Waals surface area contributed by atoms with Gasteiger partial charge in [-0.3, -0.25) is 4.79 Å². The zero-order chi connectivity index (χ0) is 12.0. The van der Waals surface area contributed by atoms with Crippen molar-refractivity contribution in [3.8, 4) is 0 Å². The Balaban J connectivity index is 2.45. The average Bonchev–Trinajstić information content (AvgIpc) is 2.26. The Morgan fingerprint density at radius 1 is 1.38 bits per heavy atom. The summed E-state index contributed by atoms with van der Waals surface area (Å²) in [6.45, 7) is 5.19. The fourth-order valence-corrected chi connectivity index (χ4v) is 1.51. The topological polar surface area (TPSA) is 55.1 Å². The lowest BCUT2D eigenvalue weighted by Gasteiger charge is -2.08. The molecule has 0 aliphatic carbocycles. The maximum absolute atomic E-state index is 11.4. The molecule has 1 aromatic rings. The number of nitrogens with one attached hydrogen (secondary N) is 1. The monoisotopic (exact) mass is 220 g/mol. The molecule has 0 bridgehead atoms. The van der Waals surface area contributed by atoms with E-state index in [9.17, 15) is 4.79 Å². The highest BCUT2D eigenvalue weighted by atomic mass is 16.1. The Kier molecular flexibility index (Phi) is 4.99. The molecule has 88 valence electrons. The molecule has 0 spiro atoms. The highest BCUT2D eigenvalue weighted by Crippen LogP contribution is 2.05. The molecule has 0 aliphatic rings. The van der Waals surface area contributed by atoms with E-state index in [0.29, 0.717) is 25.4 Å². The van der Waals surface area contributed by atoms with Gasteiger partial charge in [0.25, 0.3) is 0 Å². The van der Waals surface area contributed by atoms with Gasteiger partial charge < -0.3 is 11.1 Å². The van der Waals surface area contributed by atoms with Gasteiger partial charge >= 0.3 is 0 Å². The van der Waals surface area contributed by atoms with Crippen LogP contribution in [0.5, 0.6) is 0 Å². The van der Waals surface area contributed by atoms with Crippen LogP contribution >= 0.6 is 0 Å². The van der Waals surface area contributed by atoms with Gasteiger partial charge in [-0.25, -0.2) is 0 Å². The molecule has 0 aliphatic heterocycles. The third-order valence-electron chi connectivity index (χ3n) is 2.31. The maximum Gasteiger partial charge on any atom is 0.220 e. The van der Waals surface area contributed by atoms with Crippen LogP contribution in [0.1, 0.15) is 31.4 Å². The summed E-state index contributed by atoms with van der Waals surface area (Å²) in [5.41, 5.74) is 7.74. The van der Waals surface area contributed by atoms with Crippen LogP contribution in [0.3, 0.4) is 0 Å². The molecule has 1 rings (SSSR count). The molecule has 0 saturated carbocycles. The molecular weight excluding hydrogens is 200 g/mol. The summed E-state index contributed by atoms with van der Waals surface area (Å²) in [4.78, 5) is 11.4. The van der Waals surface area contributed by atoms with Crippen LogP contribution in [-0.2, 0) is 17.9 Å². The Bertz CT molecular complexity index is 348. The minimum atomic E-state index is 0.105. The number of benzene rings is 1. The SMILES string of the molecule is CC(C)CC(=O)NCc1cccc(CN)c1. The van der Waals surface area contributed by atoms with Crippen molar-refractivity contribution in [2.24, 2.45) is 11.7 Å². The lowest BCUT2D eigenvalue weighted by atomic mass is 10.1. The van der Waals surface area contributed by atoms with Gasteiger partial charge in [-0.1, -0.05) is 38.1 Å². The summed E-state index contributed by atoms with van der Waals surface area (Å²) in [5, 5.41) is 2.90. The summed E-state index contributed by atoms with van der Waals surface area (Å²) in [6.07, 6.45) is 0.580. The predicted octanol–water partition coefficient (Wildman–Crippen LogP) is 1.81. The number of amides is 1. The Hall–Kier alpha value is -1.35. The molecule has 0 radical (unpaired) electrons. The van der Waals surface area contributed by atoms with Gasteiger partial charge in [-0.2, -0.15) is 0 Å². The average molecular weight is 220 g/mol. The van der Waals surface area contributed by atoms with Gasteiger partial charge in [0.1, 0.15) is 0 Å². The molecule has 0 atom stereocenters. The van der Waals surface area contributed by atoms with Crippen molar-refractivity contribution >= 4 is 5.91 Å². The van der Waals surface area contributed by atoms with Crippen molar-refractivity contribution < 1.29 is 4.79 Å². The third kappa shape index (κ3) is 4.45. The number of carbonyl (C=O) groups is 1. The van der Waals surface area contributed by atoms with E-state index in [4.69, 9.17) is 5.73 Å². The minimum absolute atomic E-state index is 0.105. The molecule has 3 nitrogen and oxygen atoms in total. The molecule has 1 amide bonds. The Morgan fingerprint density at radius 2 is 2.06 bits per heavy atom. The van der Waals surface area contributed by atoms with Gasteiger partial charge in [-0.15, -0.1) is 0 Å². The number of hydrogen-bond acceptors (Lipinski definition) is 2. The van der Waals surface area contributed by atoms with Crippen LogP contribution in [0.25, 0.3) is 0 Å². The van der Waals surface area contributed by atoms with E-state index in [1.54, 1.807) is 0 Å². The van der Waals surface area contributed by atoms with Crippen LogP contribution in [0, 0.1) is 5.92 Å². The van der Waals surface area contributed by atoms with Crippen molar-refractivity contribution in [3.63, 3.8) is 0 Å². The van der Waals surface area contributed by atoms with E-state index in [2.05, 4.69) is 5.32 Å². The second-order valence-electron chi connectivity index (χ2n) is 4.40. The number of rotatable bonds is 5. The van der Waals surface area contributed by atoms with Crippen molar-refractivity contribution in [1.82, 2.24) is 5.32 Å². The smallest absolute Gasteiger partial charge is 0.220 e. The molecule has 0 aromatic heterocycles. The molecule has 0 heterocycles. The zero-order valence-electron chi connectivity index (χ0n) is 9.99. The van der Waals surface area contributed by atoms with Gasteiger partial charge in [0.05, 0.1) is 0 Å². The van der Waals surface area contributed by atoms with Gasteiger partial charge in [0, 0.05) is 19.5 Å². The molecule has 0 unspecified atom stereocenters. The van der Waals surface area contributed by atoms with Crippen LogP contribution in [0.15, 0.2) is 24.3 Å². The summed E-state index contributed by atoms with van der Waals surface area (Å²) in [6, 6.07) is 7.97. The van der Waals surface area contributed by atoms with Gasteiger partial charge in [0.2, 0.25) is 5.91 Å². The van der Waals surface area contributed by atoms with Gasteiger partial charge in [-0.05, 0) is 17.0 Å². The Morgan fingerprint density at radius 3 is 2.69 bits per heavy atom. The maximum atomic E-state index is 11.4. The molecule has 16 heavy (non-hydrogen) atoms. The summed E-state index contributed by atoms with van der Waals surface area (Å²) < 4.78 is 0. The van der Waals surface area contributed by atoms with Gasteiger partial charge in [0.15, 0.2) is 0 Å². The van der Waals surface area contributed by atoms with Crippen molar-refractivity contribution in [1.29, 1.82) is 0 Å². The van der Waals surface area contributed by atoms with Crippen LogP contribution in [-0.4, -0.2) is 5.91 Å². The van der Waals surface area contributed by atoms with E-state index < -0.39 is 0 Å². The first-order valence-electron chi connectivity index (χ1n) is 5.66. The first-order chi connectivity index (χ1) is 7.61. The van der Waals surface area contributed by atoms with E-state index in [-0.39, 0.29) is 5.91 Å². The number of nitrogens with two attached hydrogens (primary N) is 1. The van der Waals surface area contributed by atoms with Crippen molar-refractivity contribution in [2.75, 3.05) is 0 Å². The molecule has 1 aromatic carbocycles. The largest absolute Gasteiger partial charge is 0.352 e. The molecule has 3 heteroatoms. The Labute approximate surface area is 97.0 Å². The number of carbonyl (C=O) groups excluding carboxylic acids is 1. The first kappa shape index (κ1) is 12.7. The quantitative estimate of drug-likeness (QED) is 0.795. The van der Waals surface area contributed by atoms with Crippen LogP contribution < -0.4 is 11.1 Å². The molecular formula is C13H20N2O. The van der Waals surface area contributed by atoms with Crippen LogP contribution in [0.2, 0.25) is 0 Å². The molecule has 0 fully saturated rings. The number of hydrogen-bond donors (Lipinski definition) is 2. The fraction of sp³-hybridized carbons (Fsp3) is 0.462. The highest BCUT2D eigenvalue weighted by Gasteiger charge is 2.04. The second kappa shape index (κ2) is 6.28. The van der Waals surface area contributed by atoms with E-state index in [0.717, 1.165) is 11.1 Å². The second-order valence-corrected chi connectivity index (χ2v) is 4.40. The molecule has 3 N–H and O–H groups in total. The van der Waals surface area contributed by atoms with E-state index in [1.807, 2.05) is 38.1 Å². The summed E-state index contributed by atoms with van der Waals surface area (Å²) in [7, 11) is 0. The van der Waals surface area contributed by atoms with Crippen molar-refractivity contribution in [2.45, 2.75) is 33.4 Å². The first-order valence-corrected chi connectivity index (χ1v) is 5.66. The minimum Gasteiger partial charge on any atom is -0.352 e.